The number of hydrogen-bond acceptors (Lipinski definition) is 2. The number of hydrogen-bond donors (Lipinski definition) is 2. The van der Waals surface area contributed by atoms with Gasteiger partial charge in [-0.2, -0.15) is 0 Å². The highest BCUT2D eigenvalue weighted by molar-refractivity contribution is 5.70. The Morgan fingerprint density at radius 3 is 2.16 bits per heavy atom. The molecule has 3 saturated carbocycles. The van der Waals surface area contributed by atoms with E-state index in [0.717, 1.165) is 31.7 Å². The van der Waals surface area contributed by atoms with Crippen LogP contribution in [0.4, 0.5) is 0 Å². The molecule has 0 aromatic rings. The molecule has 0 heterocycles. The summed E-state index contributed by atoms with van der Waals surface area (Å²) < 4.78 is 0. The number of rotatable bonds is 3. The van der Waals surface area contributed by atoms with E-state index in [0.29, 0.717) is 11.5 Å². The Morgan fingerprint density at radius 1 is 0.947 bits per heavy atom. The normalized spacial score (nSPS) is 34.9. The third kappa shape index (κ3) is 2.96. The first kappa shape index (κ1) is 13.4. The van der Waals surface area contributed by atoms with Crippen molar-refractivity contribution in [2.75, 3.05) is 0 Å². The average molecular weight is 265 g/mol. The molecule has 3 rings (SSSR count). The molecule has 0 aromatic carbocycles. The summed E-state index contributed by atoms with van der Waals surface area (Å²) in [5.41, 5.74) is 0.703. The quantitative estimate of drug-likeness (QED) is 0.823. The maximum absolute atomic E-state index is 10.9. The first-order chi connectivity index (χ1) is 9.17. The van der Waals surface area contributed by atoms with Crippen molar-refractivity contribution in [3.05, 3.63) is 0 Å². The van der Waals surface area contributed by atoms with E-state index >= 15 is 0 Å². The van der Waals surface area contributed by atoms with Crippen molar-refractivity contribution in [2.45, 2.75) is 82.7 Å². The van der Waals surface area contributed by atoms with Crippen LogP contribution < -0.4 is 5.32 Å². The summed E-state index contributed by atoms with van der Waals surface area (Å²) in [4.78, 5) is 10.9. The highest BCUT2D eigenvalue weighted by Gasteiger charge is 2.44. The molecule has 19 heavy (non-hydrogen) atoms. The van der Waals surface area contributed by atoms with Gasteiger partial charge in [0.05, 0.1) is 5.92 Å². The third-order valence-electron chi connectivity index (χ3n) is 5.82. The van der Waals surface area contributed by atoms with E-state index in [2.05, 4.69) is 5.32 Å². The second kappa shape index (κ2) is 5.43. The molecule has 3 aliphatic carbocycles. The molecule has 108 valence electrons. The lowest BCUT2D eigenvalue weighted by atomic mass is 9.58. The van der Waals surface area contributed by atoms with E-state index in [9.17, 15) is 4.79 Å². The van der Waals surface area contributed by atoms with Gasteiger partial charge in [0, 0.05) is 12.1 Å². The topological polar surface area (TPSA) is 49.3 Å². The first-order valence-electron chi connectivity index (χ1n) is 8.16. The molecule has 3 fully saturated rings. The fourth-order valence-electron chi connectivity index (χ4n) is 4.65. The van der Waals surface area contributed by atoms with Crippen molar-refractivity contribution in [3.63, 3.8) is 0 Å². The van der Waals surface area contributed by atoms with Crippen LogP contribution in [-0.4, -0.2) is 23.2 Å². The molecule has 1 spiro atoms. The van der Waals surface area contributed by atoms with E-state index in [1.807, 2.05) is 0 Å². The van der Waals surface area contributed by atoms with E-state index in [-0.39, 0.29) is 5.92 Å². The summed E-state index contributed by atoms with van der Waals surface area (Å²) >= 11 is 0. The minimum atomic E-state index is -0.594. The van der Waals surface area contributed by atoms with Crippen LogP contribution >= 0.6 is 0 Å². The number of carbonyl (C=O) groups is 1. The Morgan fingerprint density at radius 2 is 1.58 bits per heavy atom. The van der Waals surface area contributed by atoms with Crippen LogP contribution in [0.1, 0.15) is 70.6 Å². The van der Waals surface area contributed by atoms with Crippen molar-refractivity contribution in [1.82, 2.24) is 5.32 Å². The van der Waals surface area contributed by atoms with Gasteiger partial charge in [0.25, 0.3) is 0 Å². The molecule has 0 radical (unpaired) electrons. The molecule has 3 aliphatic rings. The summed E-state index contributed by atoms with van der Waals surface area (Å²) in [6.45, 7) is 0. The van der Waals surface area contributed by atoms with Crippen molar-refractivity contribution in [1.29, 1.82) is 0 Å². The third-order valence-corrected chi connectivity index (χ3v) is 5.82. The SMILES string of the molecule is O=C(O)C1CCC(NC2CC3(CCCCC3)C2)CC1. The Hall–Kier alpha value is -0.570. The van der Waals surface area contributed by atoms with Gasteiger partial charge in [-0.25, -0.2) is 0 Å². The van der Waals surface area contributed by atoms with Crippen LogP contribution in [0.25, 0.3) is 0 Å². The number of aliphatic carboxylic acids is 1. The molecule has 0 atom stereocenters. The van der Waals surface area contributed by atoms with Gasteiger partial charge in [0.2, 0.25) is 0 Å². The molecule has 0 unspecified atom stereocenters. The highest BCUT2D eigenvalue weighted by Crippen LogP contribution is 2.51. The molecule has 3 heteroatoms. The van der Waals surface area contributed by atoms with Gasteiger partial charge in [-0.05, 0) is 56.8 Å². The standard InChI is InChI=1S/C16H27NO2/c18-15(19)12-4-6-13(7-5-12)17-14-10-16(11-14)8-2-1-3-9-16/h12-14,17H,1-11H2,(H,18,19). The Labute approximate surface area is 116 Å². The van der Waals surface area contributed by atoms with Crippen molar-refractivity contribution in [2.24, 2.45) is 11.3 Å². The van der Waals surface area contributed by atoms with E-state index in [4.69, 9.17) is 5.11 Å². The van der Waals surface area contributed by atoms with Gasteiger partial charge < -0.3 is 10.4 Å². The van der Waals surface area contributed by atoms with Gasteiger partial charge in [-0.1, -0.05) is 19.3 Å². The molecular formula is C16H27NO2. The zero-order valence-corrected chi connectivity index (χ0v) is 11.9. The van der Waals surface area contributed by atoms with Gasteiger partial charge in [0.1, 0.15) is 0 Å². The number of nitrogens with one attached hydrogen (secondary N) is 1. The Kier molecular flexibility index (Phi) is 3.84. The van der Waals surface area contributed by atoms with Crippen molar-refractivity contribution >= 4 is 5.97 Å². The molecule has 0 bridgehead atoms. The lowest BCUT2D eigenvalue weighted by molar-refractivity contribution is -0.142. The van der Waals surface area contributed by atoms with Crippen molar-refractivity contribution in [3.8, 4) is 0 Å². The monoisotopic (exact) mass is 265 g/mol. The zero-order valence-electron chi connectivity index (χ0n) is 11.9. The molecule has 2 N–H and O–H groups in total. The predicted molar refractivity (Wildman–Crippen MR) is 75.1 cm³/mol. The van der Waals surface area contributed by atoms with Crippen LogP contribution in [0.5, 0.6) is 0 Å². The van der Waals surface area contributed by atoms with Gasteiger partial charge in [0.15, 0.2) is 0 Å². The molecule has 0 saturated heterocycles. The molecule has 0 amide bonds. The second-order valence-electron chi connectivity index (χ2n) is 7.22. The molecule has 3 nitrogen and oxygen atoms in total. The van der Waals surface area contributed by atoms with Gasteiger partial charge in [-0.15, -0.1) is 0 Å². The summed E-state index contributed by atoms with van der Waals surface area (Å²) in [5.74, 6) is -0.674. The fourth-order valence-corrected chi connectivity index (χ4v) is 4.65. The van der Waals surface area contributed by atoms with Crippen LogP contribution in [-0.2, 0) is 4.79 Å². The minimum absolute atomic E-state index is 0.0795. The van der Waals surface area contributed by atoms with Crippen LogP contribution in [0.15, 0.2) is 0 Å². The van der Waals surface area contributed by atoms with Crippen LogP contribution in [0.2, 0.25) is 0 Å². The largest absolute Gasteiger partial charge is 0.481 e. The van der Waals surface area contributed by atoms with E-state index in [1.54, 1.807) is 0 Å². The Balaban J connectivity index is 1.39. The summed E-state index contributed by atoms with van der Waals surface area (Å²) in [7, 11) is 0. The predicted octanol–water partition coefficient (Wildman–Crippen LogP) is 3.33. The first-order valence-corrected chi connectivity index (χ1v) is 8.16. The Bertz CT molecular complexity index is 320. The molecule has 0 aromatic heterocycles. The summed E-state index contributed by atoms with van der Waals surface area (Å²) in [6, 6.07) is 1.31. The van der Waals surface area contributed by atoms with E-state index < -0.39 is 5.97 Å². The smallest absolute Gasteiger partial charge is 0.306 e. The number of carboxylic acid groups (broad SMARTS) is 1. The lowest BCUT2D eigenvalue weighted by Crippen LogP contribution is -2.53. The lowest BCUT2D eigenvalue weighted by Gasteiger charge is -2.52. The maximum atomic E-state index is 10.9. The average Bonchev–Trinajstić information content (AvgIpc) is 2.39. The van der Waals surface area contributed by atoms with Crippen molar-refractivity contribution < 1.29 is 9.90 Å². The van der Waals surface area contributed by atoms with Crippen LogP contribution in [0, 0.1) is 11.3 Å². The summed E-state index contributed by atoms with van der Waals surface area (Å²) in [6.07, 6.45) is 13.8. The van der Waals surface area contributed by atoms with Crippen LogP contribution in [0.3, 0.4) is 0 Å². The maximum Gasteiger partial charge on any atom is 0.306 e. The number of carboxylic acids is 1. The van der Waals surface area contributed by atoms with E-state index in [1.165, 1.54) is 44.9 Å². The van der Waals surface area contributed by atoms with Gasteiger partial charge >= 0.3 is 5.97 Å². The molecule has 0 aliphatic heterocycles. The molecular weight excluding hydrogens is 238 g/mol. The highest BCUT2D eigenvalue weighted by atomic mass is 16.4. The minimum Gasteiger partial charge on any atom is -0.481 e. The summed E-state index contributed by atoms with van der Waals surface area (Å²) in [5, 5.41) is 12.8. The second-order valence-corrected chi connectivity index (χ2v) is 7.22. The zero-order chi connectivity index (χ0) is 13.3. The fraction of sp³-hybridized carbons (Fsp3) is 0.938. The van der Waals surface area contributed by atoms with Gasteiger partial charge in [-0.3, -0.25) is 4.79 Å².